The van der Waals surface area contributed by atoms with Crippen LogP contribution in [0.4, 0.5) is 0 Å². The van der Waals surface area contributed by atoms with Crippen molar-refractivity contribution in [3.8, 4) is 0 Å². The smallest absolute Gasteiger partial charge is 0.179 e. The summed E-state index contributed by atoms with van der Waals surface area (Å²) in [5, 5.41) is 3.20. The number of halogens is 1. The predicted octanol–water partition coefficient (Wildman–Crippen LogP) is 2.54. The lowest BCUT2D eigenvalue weighted by atomic mass is 9.94. The van der Waals surface area contributed by atoms with Gasteiger partial charge < -0.3 is 10.2 Å². The monoisotopic (exact) mass is 388 g/mol. The molecule has 22 heavy (non-hydrogen) atoms. The largest absolute Gasteiger partial charge is 0.320 e. The topological polar surface area (TPSA) is 49.4 Å². The molecule has 1 aliphatic heterocycles. The number of hydrogen-bond acceptors (Lipinski definition) is 4. The Balaban J connectivity index is 1.79. The predicted molar refractivity (Wildman–Crippen MR) is 93.9 cm³/mol. The Morgan fingerprint density at radius 3 is 2.45 bits per heavy atom. The van der Waals surface area contributed by atoms with Crippen LogP contribution in [0.1, 0.15) is 19.3 Å². The molecule has 1 heterocycles. The summed E-state index contributed by atoms with van der Waals surface area (Å²) in [4.78, 5) is 2.70. The molecule has 1 N–H and O–H groups in total. The van der Waals surface area contributed by atoms with Crippen molar-refractivity contribution < 1.29 is 8.42 Å². The Hall–Kier alpha value is -0.430. The summed E-state index contributed by atoms with van der Waals surface area (Å²) in [6, 6.07) is 6.90. The highest BCUT2D eigenvalue weighted by atomic mass is 79.9. The zero-order chi connectivity index (χ0) is 16.0. The fraction of sp³-hybridized carbons (Fsp3) is 0.625. The standard InChI is InChI=1S/C16H25BrN2O2S/c1-18-9-6-14-7-10-19(11-8-14)12-13-22(20,21)16-4-2-15(17)3-5-16/h2-5,14,18H,6-13H2,1H3. The third-order valence-electron chi connectivity index (χ3n) is 4.36. The first-order valence-corrected chi connectivity index (χ1v) is 10.3. The van der Waals surface area contributed by atoms with Crippen LogP contribution in [0.5, 0.6) is 0 Å². The average molecular weight is 389 g/mol. The van der Waals surface area contributed by atoms with Gasteiger partial charge in [-0.1, -0.05) is 15.9 Å². The molecule has 124 valence electrons. The summed E-state index contributed by atoms with van der Waals surface area (Å²) >= 11 is 3.33. The fourth-order valence-electron chi connectivity index (χ4n) is 2.86. The molecule has 0 bridgehead atoms. The maximum absolute atomic E-state index is 12.3. The fourth-order valence-corrected chi connectivity index (χ4v) is 4.41. The number of rotatable bonds is 7. The van der Waals surface area contributed by atoms with Crippen molar-refractivity contribution in [2.24, 2.45) is 5.92 Å². The number of nitrogens with one attached hydrogen (secondary N) is 1. The van der Waals surface area contributed by atoms with Crippen LogP contribution in [-0.4, -0.2) is 52.3 Å². The van der Waals surface area contributed by atoms with E-state index in [1.54, 1.807) is 24.3 Å². The Morgan fingerprint density at radius 1 is 1.23 bits per heavy atom. The second kappa shape index (κ2) is 8.43. The molecule has 0 saturated carbocycles. The van der Waals surface area contributed by atoms with Gasteiger partial charge in [-0.15, -0.1) is 0 Å². The maximum atomic E-state index is 12.3. The van der Waals surface area contributed by atoms with E-state index in [1.807, 2.05) is 7.05 Å². The molecule has 0 spiro atoms. The molecule has 1 fully saturated rings. The van der Waals surface area contributed by atoms with E-state index < -0.39 is 9.84 Å². The van der Waals surface area contributed by atoms with Gasteiger partial charge in [-0.25, -0.2) is 8.42 Å². The van der Waals surface area contributed by atoms with E-state index in [9.17, 15) is 8.42 Å². The van der Waals surface area contributed by atoms with Crippen LogP contribution in [0.2, 0.25) is 0 Å². The van der Waals surface area contributed by atoms with Gasteiger partial charge >= 0.3 is 0 Å². The highest BCUT2D eigenvalue weighted by Gasteiger charge is 2.21. The van der Waals surface area contributed by atoms with Gasteiger partial charge in [0.1, 0.15) is 0 Å². The van der Waals surface area contributed by atoms with Gasteiger partial charge in [0.2, 0.25) is 0 Å². The quantitative estimate of drug-likeness (QED) is 0.779. The number of sulfone groups is 1. The van der Waals surface area contributed by atoms with Crippen LogP contribution in [0.3, 0.4) is 0 Å². The van der Waals surface area contributed by atoms with Crippen LogP contribution in [0, 0.1) is 5.92 Å². The van der Waals surface area contributed by atoms with Crippen LogP contribution in [-0.2, 0) is 9.84 Å². The molecule has 6 heteroatoms. The summed E-state index contributed by atoms with van der Waals surface area (Å²) in [6.07, 6.45) is 3.58. The molecule has 1 aromatic rings. The van der Waals surface area contributed by atoms with Gasteiger partial charge in [0.15, 0.2) is 9.84 Å². The van der Waals surface area contributed by atoms with Crippen LogP contribution in [0.15, 0.2) is 33.6 Å². The lowest BCUT2D eigenvalue weighted by molar-refractivity contribution is 0.187. The second-order valence-electron chi connectivity index (χ2n) is 5.95. The molecule has 1 saturated heterocycles. The second-order valence-corrected chi connectivity index (χ2v) is 8.97. The maximum Gasteiger partial charge on any atom is 0.179 e. The minimum absolute atomic E-state index is 0.204. The van der Waals surface area contributed by atoms with Crippen molar-refractivity contribution in [3.63, 3.8) is 0 Å². The highest BCUT2D eigenvalue weighted by Crippen LogP contribution is 2.21. The number of hydrogen-bond donors (Lipinski definition) is 1. The molecule has 1 aliphatic rings. The zero-order valence-corrected chi connectivity index (χ0v) is 15.5. The van der Waals surface area contributed by atoms with Crippen molar-refractivity contribution in [2.75, 3.05) is 39.0 Å². The van der Waals surface area contributed by atoms with Crippen LogP contribution >= 0.6 is 15.9 Å². The summed E-state index contributed by atoms with van der Waals surface area (Å²) in [5.74, 6) is 0.988. The van der Waals surface area contributed by atoms with Crippen molar-refractivity contribution in [3.05, 3.63) is 28.7 Å². The first-order valence-electron chi connectivity index (χ1n) is 7.86. The minimum atomic E-state index is -3.18. The summed E-state index contributed by atoms with van der Waals surface area (Å²) in [7, 11) is -1.19. The summed E-state index contributed by atoms with van der Waals surface area (Å²) < 4.78 is 25.6. The molecule has 0 aromatic heterocycles. The molecule has 0 atom stereocenters. The molecule has 0 aliphatic carbocycles. The van der Waals surface area contributed by atoms with Gasteiger partial charge in [0.25, 0.3) is 0 Å². The number of nitrogens with zero attached hydrogens (tertiary/aromatic N) is 1. The van der Waals surface area contributed by atoms with Gasteiger partial charge in [0, 0.05) is 11.0 Å². The summed E-state index contributed by atoms with van der Waals surface area (Å²) in [5.41, 5.74) is 0. The molecule has 1 aromatic carbocycles. The zero-order valence-electron chi connectivity index (χ0n) is 13.1. The van der Waals surface area contributed by atoms with E-state index in [0.29, 0.717) is 11.4 Å². The summed E-state index contributed by atoms with van der Waals surface area (Å²) in [6.45, 7) is 3.74. The van der Waals surface area contributed by atoms with Crippen molar-refractivity contribution >= 4 is 25.8 Å². The molecule has 0 radical (unpaired) electrons. The highest BCUT2D eigenvalue weighted by molar-refractivity contribution is 9.10. The Labute approximate surface area is 142 Å². The van der Waals surface area contributed by atoms with Gasteiger partial charge in [-0.2, -0.15) is 0 Å². The number of likely N-dealkylation sites (tertiary alicyclic amines) is 1. The van der Waals surface area contributed by atoms with Crippen molar-refractivity contribution in [1.29, 1.82) is 0 Å². The van der Waals surface area contributed by atoms with Gasteiger partial charge in [0.05, 0.1) is 10.6 Å². The van der Waals surface area contributed by atoms with E-state index in [0.717, 1.165) is 30.0 Å². The molecule has 2 rings (SSSR count). The van der Waals surface area contributed by atoms with Crippen LogP contribution < -0.4 is 5.32 Å². The van der Waals surface area contributed by atoms with Crippen molar-refractivity contribution in [1.82, 2.24) is 10.2 Å². The van der Waals surface area contributed by atoms with Gasteiger partial charge in [-0.3, -0.25) is 0 Å². The normalized spacial score (nSPS) is 17.7. The van der Waals surface area contributed by atoms with Crippen LogP contribution in [0.25, 0.3) is 0 Å². The first kappa shape index (κ1) is 17.9. The lowest BCUT2D eigenvalue weighted by Crippen LogP contribution is -2.37. The molecule has 0 amide bonds. The number of piperidine rings is 1. The lowest BCUT2D eigenvalue weighted by Gasteiger charge is -2.31. The van der Waals surface area contributed by atoms with E-state index >= 15 is 0 Å². The van der Waals surface area contributed by atoms with E-state index in [2.05, 4.69) is 26.1 Å². The third-order valence-corrected chi connectivity index (χ3v) is 6.60. The molecule has 0 unspecified atom stereocenters. The Kier molecular flexibility index (Phi) is 6.87. The third kappa shape index (κ3) is 5.33. The number of benzene rings is 1. The van der Waals surface area contributed by atoms with Crippen molar-refractivity contribution in [2.45, 2.75) is 24.2 Å². The molecule has 4 nitrogen and oxygen atoms in total. The Morgan fingerprint density at radius 2 is 1.86 bits per heavy atom. The average Bonchev–Trinajstić information content (AvgIpc) is 2.52. The van der Waals surface area contributed by atoms with E-state index in [4.69, 9.17) is 0 Å². The molecular formula is C16H25BrN2O2S. The van der Waals surface area contributed by atoms with E-state index in [-0.39, 0.29) is 5.75 Å². The SMILES string of the molecule is CNCCC1CCN(CCS(=O)(=O)c2ccc(Br)cc2)CC1. The first-order chi connectivity index (χ1) is 10.5. The van der Waals surface area contributed by atoms with Gasteiger partial charge in [-0.05, 0) is 76.1 Å². The molecular weight excluding hydrogens is 364 g/mol. The Bertz CT molecular complexity index is 552. The van der Waals surface area contributed by atoms with E-state index in [1.165, 1.54) is 19.3 Å². The minimum Gasteiger partial charge on any atom is -0.320 e.